The van der Waals surface area contributed by atoms with Crippen LogP contribution in [0.15, 0.2) is 22.8 Å². The van der Waals surface area contributed by atoms with Crippen LogP contribution in [0.4, 0.5) is 10.8 Å². The molecule has 6 nitrogen and oxygen atoms in total. The molecule has 0 bridgehead atoms. The highest BCUT2D eigenvalue weighted by Gasteiger charge is 2.20. The van der Waals surface area contributed by atoms with Gasteiger partial charge in [-0.15, -0.1) is 0 Å². The molecular weight excluding hydrogens is 376 g/mol. The lowest BCUT2D eigenvalue weighted by molar-refractivity contribution is 0.455. The fourth-order valence-electron chi connectivity index (χ4n) is 2.91. The lowest BCUT2D eigenvalue weighted by atomic mass is 9.96. The molecule has 2 N–H and O–H groups in total. The van der Waals surface area contributed by atoms with Crippen LogP contribution in [0, 0.1) is 6.92 Å². The smallest absolute Gasteiger partial charge is 0.171 e. The van der Waals surface area contributed by atoms with Gasteiger partial charge in [-0.1, -0.05) is 0 Å². The second-order valence-corrected chi connectivity index (χ2v) is 7.45. The number of aromatic nitrogens is 4. The first-order valence-corrected chi connectivity index (χ1v) is 9.22. The number of anilines is 2. The van der Waals surface area contributed by atoms with Gasteiger partial charge in [-0.3, -0.25) is 0 Å². The van der Waals surface area contributed by atoms with Crippen LogP contribution < -0.4 is 10.6 Å². The van der Waals surface area contributed by atoms with Gasteiger partial charge in [-0.25, -0.2) is 4.98 Å². The molecule has 0 aliphatic carbocycles. The van der Waals surface area contributed by atoms with E-state index in [2.05, 4.69) is 42.1 Å². The molecule has 1 unspecified atom stereocenters. The van der Waals surface area contributed by atoms with Gasteiger partial charge in [-0.2, -0.15) is 14.0 Å². The first kappa shape index (κ1) is 15.0. The highest BCUT2D eigenvalue weighted by Crippen LogP contribution is 2.29. The highest BCUT2D eigenvalue weighted by molar-refractivity contribution is 9.10. The molecule has 120 valence electrons. The summed E-state index contributed by atoms with van der Waals surface area (Å²) in [6, 6.07) is 4.15. The average Bonchev–Trinajstić information content (AvgIpc) is 3.15. The van der Waals surface area contributed by atoms with Crippen molar-refractivity contribution < 1.29 is 0 Å². The van der Waals surface area contributed by atoms with Crippen LogP contribution in [0.5, 0.6) is 0 Å². The molecule has 0 spiro atoms. The Bertz CT molecular complexity index is 836. The molecule has 1 saturated heterocycles. The Labute approximate surface area is 146 Å². The van der Waals surface area contributed by atoms with Gasteiger partial charge in [0.1, 0.15) is 10.8 Å². The van der Waals surface area contributed by atoms with Crippen LogP contribution in [0.2, 0.25) is 0 Å². The summed E-state index contributed by atoms with van der Waals surface area (Å²) in [6.07, 6.45) is 4.14. The number of halogens is 1. The maximum atomic E-state index is 4.83. The summed E-state index contributed by atoms with van der Waals surface area (Å²) in [6.45, 7) is 4.07. The van der Waals surface area contributed by atoms with E-state index < -0.39 is 0 Å². The Balaban J connectivity index is 1.77. The van der Waals surface area contributed by atoms with E-state index >= 15 is 0 Å². The molecular formula is C15H17BrN6S. The minimum absolute atomic E-state index is 0.444. The third-order valence-corrected chi connectivity index (χ3v) is 5.40. The largest absolute Gasteiger partial charge is 0.331 e. The fraction of sp³-hybridized carbons (Fsp3) is 0.400. The van der Waals surface area contributed by atoms with Gasteiger partial charge in [-0.05, 0) is 59.8 Å². The number of aryl methyl sites for hydroxylation is 1. The van der Waals surface area contributed by atoms with E-state index in [0.717, 1.165) is 45.4 Å². The average molecular weight is 393 g/mol. The molecule has 0 aromatic carbocycles. The van der Waals surface area contributed by atoms with E-state index in [4.69, 9.17) is 4.98 Å². The summed E-state index contributed by atoms with van der Waals surface area (Å²) in [7, 11) is 0. The summed E-state index contributed by atoms with van der Waals surface area (Å²) < 4.78 is 7.07. The van der Waals surface area contributed by atoms with Crippen molar-refractivity contribution in [3.8, 4) is 0 Å². The van der Waals surface area contributed by atoms with E-state index in [9.17, 15) is 0 Å². The second kappa shape index (κ2) is 6.18. The van der Waals surface area contributed by atoms with Gasteiger partial charge >= 0.3 is 0 Å². The van der Waals surface area contributed by atoms with Gasteiger partial charge in [0.2, 0.25) is 0 Å². The highest BCUT2D eigenvalue weighted by atomic mass is 79.9. The number of fused-ring (bicyclic) bond motifs is 1. The van der Waals surface area contributed by atoms with Crippen LogP contribution >= 0.6 is 27.5 Å². The number of piperidine rings is 1. The van der Waals surface area contributed by atoms with Gasteiger partial charge in [0.25, 0.3) is 0 Å². The van der Waals surface area contributed by atoms with Crippen molar-refractivity contribution in [2.24, 2.45) is 0 Å². The monoisotopic (exact) mass is 392 g/mol. The zero-order chi connectivity index (χ0) is 15.8. The van der Waals surface area contributed by atoms with Crippen molar-refractivity contribution in [2.75, 3.05) is 18.4 Å². The minimum atomic E-state index is 0.444. The molecule has 0 amide bonds. The van der Waals surface area contributed by atoms with Crippen LogP contribution in [0.1, 0.15) is 30.1 Å². The fourth-order valence-corrected chi connectivity index (χ4v) is 3.92. The standard InChI is InChI=1S/C15H17BrN6S/c1-9-5-14(23-21-9)20-13-6-12(10-3-2-4-17-7-10)19-15-11(16)8-18-22(13)15/h5-6,8,10,17,20H,2-4,7H2,1H3. The normalized spacial score (nSPS) is 18.4. The van der Waals surface area contributed by atoms with Crippen molar-refractivity contribution in [2.45, 2.75) is 25.7 Å². The summed E-state index contributed by atoms with van der Waals surface area (Å²) in [4.78, 5) is 4.83. The summed E-state index contributed by atoms with van der Waals surface area (Å²) in [5.74, 6) is 1.37. The number of nitrogens with one attached hydrogen (secondary N) is 2. The molecule has 1 aliphatic heterocycles. The minimum Gasteiger partial charge on any atom is -0.331 e. The zero-order valence-corrected chi connectivity index (χ0v) is 15.1. The number of hydrogen-bond acceptors (Lipinski definition) is 6. The van der Waals surface area contributed by atoms with Gasteiger partial charge in [0.05, 0.1) is 22.1 Å². The Kier molecular flexibility index (Phi) is 4.04. The van der Waals surface area contributed by atoms with E-state index in [-0.39, 0.29) is 0 Å². The van der Waals surface area contributed by atoms with Crippen LogP contribution in [0.3, 0.4) is 0 Å². The van der Waals surface area contributed by atoms with Crippen molar-refractivity contribution >= 4 is 43.9 Å². The summed E-state index contributed by atoms with van der Waals surface area (Å²) in [5, 5.41) is 12.3. The lowest BCUT2D eigenvalue weighted by Crippen LogP contribution is -2.29. The SMILES string of the molecule is Cc1cc(Nc2cc(C3CCCNC3)nc3c(Br)cnn23)sn1. The molecule has 0 radical (unpaired) electrons. The molecule has 4 rings (SSSR count). The van der Waals surface area contributed by atoms with E-state index in [1.807, 2.05) is 17.5 Å². The first-order valence-electron chi connectivity index (χ1n) is 7.66. The number of hydrogen-bond donors (Lipinski definition) is 2. The van der Waals surface area contributed by atoms with Crippen LogP contribution in [0.25, 0.3) is 5.65 Å². The quantitative estimate of drug-likeness (QED) is 0.714. The lowest BCUT2D eigenvalue weighted by Gasteiger charge is -2.23. The molecule has 0 saturated carbocycles. The van der Waals surface area contributed by atoms with Gasteiger partial charge in [0, 0.05) is 18.5 Å². The first-order chi connectivity index (χ1) is 11.2. The Morgan fingerprint density at radius 2 is 2.35 bits per heavy atom. The third-order valence-electron chi connectivity index (χ3n) is 4.04. The van der Waals surface area contributed by atoms with E-state index in [1.54, 1.807) is 6.20 Å². The molecule has 3 aromatic heterocycles. The molecule has 1 atom stereocenters. The summed E-state index contributed by atoms with van der Waals surface area (Å²) >= 11 is 5.00. The predicted octanol–water partition coefficient (Wildman–Crippen LogP) is 3.47. The van der Waals surface area contributed by atoms with Gasteiger partial charge in [0.15, 0.2) is 5.65 Å². The van der Waals surface area contributed by atoms with Crippen molar-refractivity contribution in [1.29, 1.82) is 0 Å². The van der Waals surface area contributed by atoms with Crippen molar-refractivity contribution in [1.82, 2.24) is 24.3 Å². The Morgan fingerprint density at radius 1 is 1.43 bits per heavy atom. The molecule has 3 aromatic rings. The maximum absolute atomic E-state index is 4.83. The van der Waals surface area contributed by atoms with E-state index in [0.29, 0.717) is 5.92 Å². The molecule has 1 fully saturated rings. The molecule has 1 aliphatic rings. The Hall–Kier alpha value is -1.51. The summed E-state index contributed by atoms with van der Waals surface area (Å²) in [5.41, 5.74) is 2.97. The Morgan fingerprint density at radius 3 is 3.09 bits per heavy atom. The third kappa shape index (κ3) is 2.98. The molecule has 23 heavy (non-hydrogen) atoms. The van der Waals surface area contributed by atoms with Crippen molar-refractivity contribution in [3.05, 3.63) is 34.2 Å². The molecule has 4 heterocycles. The second-order valence-electron chi connectivity index (χ2n) is 5.79. The number of rotatable bonds is 3. The number of nitrogens with zero attached hydrogens (tertiary/aromatic N) is 4. The van der Waals surface area contributed by atoms with Crippen LogP contribution in [-0.4, -0.2) is 32.1 Å². The predicted molar refractivity (Wildman–Crippen MR) is 95.7 cm³/mol. The maximum Gasteiger partial charge on any atom is 0.171 e. The van der Waals surface area contributed by atoms with Crippen LogP contribution in [-0.2, 0) is 0 Å². The molecule has 8 heteroatoms. The van der Waals surface area contributed by atoms with Gasteiger partial charge < -0.3 is 10.6 Å². The van der Waals surface area contributed by atoms with E-state index in [1.165, 1.54) is 24.4 Å². The topological polar surface area (TPSA) is 67.1 Å². The zero-order valence-electron chi connectivity index (χ0n) is 12.7. The van der Waals surface area contributed by atoms with Crippen molar-refractivity contribution in [3.63, 3.8) is 0 Å².